The minimum absolute atomic E-state index is 0.0128. The zero-order valence-corrected chi connectivity index (χ0v) is 17.1. The molecule has 2 amide bonds. The third-order valence-electron chi connectivity index (χ3n) is 4.96. The predicted octanol–water partition coefficient (Wildman–Crippen LogP) is 2.38. The fraction of sp³-hybridized carbons (Fsp3) is 0.571. The van der Waals surface area contributed by atoms with E-state index in [4.69, 9.17) is 4.74 Å². The third-order valence-corrected chi connectivity index (χ3v) is 4.96. The van der Waals surface area contributed by atoms with Crippen molar-refractivity contribution in [3.8, 4) is 0 Å². The first kappa shape index (κ1) is 21.9. The number of ether oxygens (including phenoxy) is 1. The maximum atomic E-state index is 12.4. The van der Waals surface area contributed by atoms with Gasteiger partial charge in [-0.3, -0.25) is 19.3 Å². The van der Waals surface area contributed by atoms with Gasteiger partial charge in [0, 0.05) is 30.9 Å². The highest BCUT2D eigenvalue weighted by Gasteiger charge is 2.27. The van der Waals surface area contributed by atoms with Crippen LogP contribution in [0.2, 0.25) is 0 Å². The number of hydrogen-bond donors (Lipinski definition) is 1. The highest BCUT2D eigenvalue weighted by Crippen LogP contribution is 2.18. The zero-order chi connectivity index (χ0) is 20.5. The Balaban J connectivity index is 1.87. The highest BCUT2D eigenvalue weighted by molar-refractivity contribution is 5.96. The van der Waals surface area contributed by atoms with Crippen LogP contribution in [0.3, 0.4) is 0 Å². The van der Waals surface area contributed by atoms with Gasteiger partial charge in [0.1, 0.15) is 0 Å². The molecule has 0 aliphatic carbocycles. The Labute approximate surface area is 167 Å². The van der Waals surface area contributed by atoms with Gasteiger partial charge in [-0.05, 0) is 64.4 Å². The normalized spacial score (nSPS) is 17.0. The average molecular weight is 389 g/mol. The number of piperidine rings is 1. The fourth-order valence-electron chi connectivity index (χ4n) is 3.44. The van der Waals surface area contributed by atoms with Crippen LogP contribution in [0.5, 0.6) is 0 Å². The summed E-state index contributed by atoms with van der Waals surface area (Å²) < 4.78 is 5.10. The lowest BCUT2D eigenvalue weighted by Crippen LogP contribution is -2.43. The van der Waals surface area contributed by atoms with Crippen molar-refractivity contribution in [2.45, 2.75) is 33.6 Å². The van der Waals surface area contributed by atoms with E-state index in [9.17, 15) is 14.4 Å². The first-order chi connectivity index (χ1) is 13.5. The zero-order valence-electron chi connectivity index (χ0n) is 17.1. The number of anilines is 1. The Morgan fingerprint density at radius 2 is 1.82 bits per heavy atom. The molecule has 1 atom stereocenters. The molecule has 1 aliphatic rings. The third kappa shape index (κ3) is 6.05. The van der Waals surface area contributed by atoms with Crippen molar-refractivity contribution in [3.05, 3.63) is 29.8 Å². The minimum atomic E-state index is -0.180. The van der Waals surface area contributed by atoms with Crippen molar-refractivity contribution < 1.29 is 19.1 Å². The maximum absolute atomic E-state index is 12.4. The number of nitrogens with one attached hydrogen (secondary N) is 1. The molecule has 0 spiro atoms. The van der Waals surface area contributed by atoms with E-state index in [1.54, 1.807) is 36.1 Å². The quantitative estimate of drug-likeness (QED) is 0.691. The predicted molar refractivity (Wildman–Crippen MR) is 108 cm³/mol. The molecule has 0 unspecified atom stereocenters. The summed E-state index contributed by atoms with van der Waals surface area (Å²) in [5.74, 6) is -0.485. The summed E-state index contributed by atoms with van der Waals surface area (Å²) in [6.45, 7) is 8.97. The van der Waals surface area contributed by atoms with Crippen molar-refractivity contribution in [1.29, 1.82) is 0 Å². The van der Waals surface area contributed by atoms with Crippen molar-refractivity contribution in [2.75, 3.05) is 44.6 Å². The van der Waals surface area contributed by atoms with Crippen LogP contribution < -0.4 is 5.32 Å². The Morgan fingerprint density at radius 3 is 2.43 bits per heavy atom. The van der Waals surface area contributed by atoms with Gasteiger partial charge in [-0.2, -0.15) is 0 Å². The molecule has 1 aromatic carbocycles. The van der Waals surface area contributed by atoms with Gasteiger partial charge < -0.3 is 15.0 Å². The molecule has 0 aromatic heterocycles. The molecular formula is C21H31N3O4. The molecule has 154 valence electrons. The SMILES string of the molecule is CCOC(=O)[C@@H]1CCCN(CC(=O)Nc2ccc(C(=O)N(CC)CC)cc2)C1. The van der Waals surface area contributed by atoms with Gasteiger partial charge in [0.2, 0.25) is 5.91 Å². The van der Waals surface area contributed by atoms with E-state index >= 15 is 0 Å². The maximum Gasteiger partial charge on any atom is 0.310 e. The van der Waals surface area contributed by atoms with Crippen LogP contribution in [0, 0.1) is 5.92 Å². The number of carbonyl (C=O) groups excluding carboxylic acids is 3. The summed E-state index contributed by atoms with van der Waals surface area (Å²) in [7, 11) is 0. The van der Waals surface area contributed by atoms with Crippen molar-refractivity contribution in [2.24, 2.45) is 5.92 Å². The second kappa shape index (κ2) is 10.8. The Kier molecular flexibility index (Phi) is 8.44. The average Bonchev–Trinajstić information content (AvgIpc) is 2.69. The van der Waals surface area contributed by atoms with Gasteiger partial charge in [-0.1, -0.05) is 0 Å². The molecule has 1 aromatic rings. The van der Waals surface area contributed by atoms with Gasteiger partial charge in [0.25, 0.3) is 5.91 Å². The number of hydrogen-bond acceptors (Lipinski definition) is 5. The Hall–Kier alpha value is -2.41. The first-order valence-corrected chi connectivity index (χ1v) is 10.1. The lowest BCUT2D eigenvalue weighted by atomic mass is 9.98. The molecule has 1 fully saturated rings. The monoisotopic (exact) mass is 389 g/mol. The Bertz CT molecular complexity index is 671. The number of esters is 1. The summed E-state index contributed by atoms with van der Waals surface area (Å²) in [5.41, 5.74) is 1.26. The van der Waals surface area contributed by atoms with E-state index < -0.39 is 0 Å². The standard InChI is InChI=1S/C21H31N3O4/c1-4-24(5-2)20(26)16-9-11-18(12-10-16)22-19(25)15-23-13-7-8-17(14-23)21(27)28-6-3/h9-12,17H,4-8,13-15H2,1-3H3,(H,22,25)/t17-/m1/s1. The first-order valence-electron chi connectivity index (χ1n) is 10.1. The second-order valence-corrected chi connectivity index (χ2v) is 6.93. The van der Waals surface area contributed by atoms with Gasteiger partial charge in [0.15, 0.2) is 0 Å². The molecular weight excluding hydrogens is 358 g/mol. The van der Waals surface area contributed by atoms with Crippen molar-refractivity contribution in [3.63, 3.8) is 0 Å². The molecule has 0 bridgehead atoms. The summed E-state index contributed by atoms with van der Waals surface area (Å²) in [6.07, 6.45) is 1.68. The summed E-state index contributed by atoms with van der Waals surface area (Å²) in [5, 5.41) is 2.86. The van der Waals surface area contributed by atoms with Crippen LogP contribution in [-0.2, 0) is 14.3 Å². The van der Waals surface area contributed by atoms with Gasteiger partial charge >= 0.3 is 5.97 Å². The number of carbonyl (C=O) groups is 3. The smallest absolute Gasteiger partial charge is 0.310 e. The van der Waals surface area contributed by atoms with Crippen LogP contribution in [0.4, 0.5) is 5.69 Å². The van der Waals surface area contributed by atoms with Crippen LogP contribution in [0.25, 0.3) is 0 Å². The minimum Gasteiger partial charge on any atom is -0.466 e. The van der Waals surface area contributed by atoms with E-state index in [1.165, 1.54) is 0 Å². The van der Waals surface area contributed by atoms with E-state index in [1.807, 2.05) is 18.7 Å². The molecule has 7 nitrogen and oxygen atoms in total. The van der Waals surface area contributed by atoms with Gasteiger partial charge in [-0.15, -0.1) is 0 Å². The van der Waals surface area contributed by atoms with E-state index in [0.717, 1.165) is 19.4 Å². The van der Waals surface area contributed by atoms with Gasteiger partial charge in [0.05, 0.1) is 19.1 Å². The molecule has 2 rings (SSSR count). The molecule has 28 heavy (non-hydrogen) atoms. The summed E-state index contributed by atoms with van der Waals surface area (Å²) in [6, 6.07) is 6.94. The summed E-state index contributed by atoms with van der Waals surface area (Å²) >= 11 is 0. The van der Waals surface area contributed by atoms with Crippen LogP contribution in [0.1, 0.15) is 44.0 Å². The van der Waals surface area contributed by atoms with Crippen molar-refractivity contribution in [1.82, 2.24) is 9.80 Å². The van der Waals surface area contributed by atoms with Crippen LogP contribution >= 0.6 is 0 Å². The van der Waals surface area contributed by atoms with E-state index in [0.29, 0.717) is 37.5 Å². The second-order valence-electron chi connectivity index (χ2n) is 6.93. The molecule has 1 saturated heterocycles. The van der Waals surface area contributed by atoms with Crippen LogP contribution in [-0.4, -0.2) is 66.9 Å². The lowest BCUT2D eigenvalue weighted by molar-refractivity contribution is -0.150. The fourth-order valence-corrected chi connectivity index (χ4v) is 3.44. The number of benzene rings is 1. The van der Waals surface area contributed by atoms with Crippen molar-refractivity contribution >= 4 is 23.5 Å². The van der Waals surface area contributed by atoms with Crippen LogP contribution in [0.15, 0.2) is 24.3 Å². The number of likely N-dealkylation sites (tertiary alicyclic amines) is 1. The number of rotatable bonds is 8. The Morgan fingerprint density at radius 1 is 1.14 bits per heavy atom. The molecule has 0 saturated carbocycles. The molecule has 1 heterocycles. The van der Waals surface area contributed by atoms with Gasteiger partial charge in [-0.25, -0.2) is 0 Å². The molecule has 1 N–H and O–H groups in total. The topological polar surface area (TPSA) is 79.0 Å². The lowest BCUT2D eigenvalue weighted by Gasteiger charge is -2.30. The largest absolute Gasteiger partial charge is 0.466 e. The molecule has 1 aliphatic heterocycles. The number of nitrogens with zero attached hydrogens (tertiary/aromatic N) is 2. The summed E-state index contributed by atoms with van der Waals surface area (Å²) in [4.78, 5) is 40.3. The molecule has 0 radical (unpaired) electrons. The van der Waals surface area contributed by atoms with E-state index in [-0.39, 0.29) is 30.2 Å². The number of amides is 2. The van der Waals surface area contributed by atoms with E-state index in [2.05, 4.69) is 5.32 Å². The molecule has 7 heteroatoms. The highest BCUT2D eigenvalue weighted by atomic mass is 16.5.